The molecule has 104 valence electrons. The van der Waals surface area contributed by atoms with Crippen LogP contribution in [-0.2, 0) is 11.0 Å². The lowest BCUT2D eigenvalue weighted by Crippen LogP contribution is -2.43. The van der Waals surface area contributed by atoms with Crippen molar-refractivity contribution in [1.29, 1.82) is 0 Å². The summed E-state index contributed by atoms with van der Waals surface area (Å²) in [6, 6.07) is 2.41. The fourth-order valence-corrected chi connectivity index (χ4v) is 1.79. The summed E-state index contributed by atoms with van der Waals surface area (Å²) in [5, 5.41) is 5.34. The highest BCUT2D eigenvalue weighted by atomic mass is 19.4. The predicted molar refractivity (Wildman–Crippen MR) is 61.0 cm³/mol. The highest BCUT2D eigenvalue weighted by molar-refractivity contribution is 5.91. The van der Waals surface area contributed by atoms with E-state index in [1.165, 1.54) is 0 Å². The fourth-order valence-electron chi connectivity index (χ4n) is 1.79. The van der Waals surface area contributed by atoms with Gasteiger partial charge in [-0.1, -0.05) is 0 Å². The van der Waals surface area contributed by atoms with Gasteiger partial charge in [0, 0.05) is 12.1 Å². The van der Waals surface area contributed by atoms with Crippen molar-refractivity contribution < 1.29 is 22.4 Å². The normalized spacial score (nSPS) is 16.0. The Morgan fingerprint density at radius 1 is 1.37 bits per heavy atom. The molecule has 2 rings (SSSR count). The summed E-state index contributed by atoms with van der Waals surface area (Å²) in [5.41, 5.74) is -1.43. The van der Waals surface area contributed by atoms with Crippen LogP contribution < -0.4 is 10.6 Å². The van der Waals surface area contributed by atoms with E-state index < -0.39 is 17.6 Å². The lowest BCUT2D eigenvalue weighted by Gasteiger charge is -2.26. The van der Waals surface area contributed by atoms with Gasteiger partial charge in [-0.15, -0.1) is 0 Å². The van der Waals surface area contributed by atoms with Crippen molar-refractivity contribution in [3.8, 4) is 0 Å². The Morgan fingerprint density at radius 2 is 2.05 bits per heavy atom. The fraction of sp³-hybridized carbons (Fsp3) is 0.417. The Labute approximate surface area is 107 Å². The van der Waals surface area contributed by atoms with Crippen LogP contribution in [0.5, 0.6) is 0 Å². The minimum atomic E-state index is -4.78. The zero-order valence-electron chi connectivity index (χ0n) is 9.85. The van der Waals surface area contributed by atoms with Crippen LogP contribution in [0.25, 0.3) is 0 Å². The van der Waals surface area contributed by atoms with Crippen LogP contribution in [-0.4, -0.2) is 19.0 Å². The van der Waals surface area contributed by atoms with E-state index in [1.807, 2.05) is 0 Å². The quantitative estimate of drug-likeness (QED) is 0.832. The van der Waals surface area contributed by atoms with Crippen molar-refractivity contribution in [2.24, 2.45) is 5.92 Å². The molecule has 7 heteroatoms. The molecule has 0 unspecified atom stereocenters. The molecule has 0 bridgehead atoms. The molecule has 19 heavy (non-hydrogen) atoms. The van der Waals surface area contributed by atoms with Gasteiger partial charge in [0.25, 0.3) is 0 Å². The molecular formula is C12H12F4N2O. The molecule has 1 saturated heterocycles. The predicted octanol–water partition coefficient (Wildman–Crippen LogP) is 2.39. The number of halogens is 4. The van der Waals surface area contributed by atoms with E-state index >= 15 is 0 Å². The van der Waals surface area contributed by atoms with Gasteiger partial charge in [0.15, 0.2) is 0 Å². The van der Waals surface area contributed by atoms with E-state index in [9.17, 15) is 22.4 Å². The molecule has 1 aliphatic heterocycles. The van der Waals surface area contributed by atoms with Crippen molar-refractivity contribution >= 4 is 11.6 Å². The molecule has 0 aromatic heterocycles. The van der Waals surface area contributed by atoms with E-state index in [-0.39, 0.29) is 23.9 Å². The Hall–Kier alpha value is -1.63. The number of benzene rings is 1. The molecular weight excluding hydrogens is 264 g/mol. The smallest absolute Gasteiger partial charge is 0.326 e. The molecule has 1 fully saturated rings. The average Bonchev–Trinajstić information content (AvgIpc) is 2.25. The molecule has 0 saturated carbocycles. The molecule has 0 spiro atoms. The SMILES string of the molecule is O=C(CC1CNC1)Nc1ccc(F)c(C(F)(F)F)c1. The van der Waals surface area contributed by atoms with Gasteiger partial charge in [-0.25, -0.2) is 4.39 Å². The Kier molecular flexibility index (Phi) is 3.75. The second-order valence-corrected chi connectivity index (χ2v) is 4.47. The second-order valence-electron chi connectivity index (χ2n) is 4.47. The summed E-state index contributed by atoms with van der Waals surface area (Å²) in [5.74, 6) is -1.51. The second kappa shape index (κ2) is 5.16. The van der Waals surface area contributed by atoms with Crippen LogP contribution in [0.4, 0.5) is 23.2 Å². The molecule has 1 aliphatic rings. The van der Waals surface area contributed by atoms with Gasteiger partial charge in [0.1, 0.15) is 5.82 Å². The first kappa shape index (κ1) is 13.8. The number of anilines is 1. The summed E-state index contributed by atoms with van der Waals surface area (Å²) >= 11 is 0. The molecule has 3 nitrogen and oxygen atoms in total. The van der Waals surface area contributed by atoms with Crippen LogP contribution in [0.2, 0.25) is 0 Å². The highest BCUT2D eigenvalue weighted by Crippen LogP contribution is 2.33. The lowest BCUT2D eigenvalue weighted by atomic mass is 9.99. The topological polar surface area (TPSA) is 41.1 Å². The van der Waals surface area contributed by atoms with Crippen LogP contribution >= 0.6 is 0 Å². The number of amides is 1. The van der Waals surface area contributed by atoms with Crippen molar-refractivity contribution in [2.45, 2.75) is 12.6 Å². The van der Waals surface area contributed by atoms with Crippen molar-refractivity contribution in [3.05, 3.63) is 29.6 Å². The van der Waals surface area contributed by atoms with E-state index in [1.54, 1.807) is 0 Å². The summed E-state index contributed by atoms with van der Waals surface area (Å²) < 4.78 is 50.5. The maximum absolute atomic E-state index is 13.0. The van der Waals surface area contributed by atoms with Crippen LogP contribution in [0.3, 0.4) is 0 Å². The maximum Gasteiger partial charge on any atom is 0.419 e. The molecule has 1 aromatic rings. The molecule has 0 atom stereocenters. The first-order chi connectivity index (χ1) is 8.86. The van der Waals surface area contributed by atoms with Crippen LogP contribution in [0, 0.1) is 11.7 Å². The number of carbonyl (C=O) groups excluding carboxylic acids is 1. The average molecular weight is 276 g/mol. The minimum absolute atomic E-state index is 0.0500. The third-order valence-electron chi connectivity index (χ3n) is 2.90. The first-order valence-corrected chi connectivity index (χ1v) is 5.73. The number of hydrogen-bond acceptors (Lipinski definition) is 2. The first-order valence-electron chi connectivity index (χ1n) is 5.73. The number of carbonyl (C=O) groups is 1. The number of rotatable bonds is 3. The van der Waals surface area contributed by atoms with Crippen molar-refractivity contribution in [2.75, 3.05) is 18.4 Å². The molecule has 2 N–H and O–H groups in total. The Balaban J connectivity index is 2.06. The van der Waals surface area contributed by atoms with Gasteiger partial charge in [-0.3, -0.25) is 4.79 Å². The van der Waals surface area contributed by atoms with Crippen molar-refractivity contribution in [1.82, 2.24) is 5.32 Å². The molecule has 1 heterocycles. The lowest BCUT2D eigenvalue weighted by molar-refractivity contribution is -0.140. The van der Waals surface area contributed by atoms with Crippen molar-refractivity contribution in [3.63, 3.8) is 0 Å². The number of hydrogen-bond donors (Lipinski definition) is 2. The summed E-state index contributed by atoms with van der Waals surface area (Å²) in [4.78, 5) is 11.5. The Morgan fingerprint density at radius 3 is 2.58 bits per heavy atom. The van der Waals surface area contributed by atoms with Crippen LogP contribution in [0.15, 0.2) is 18.2 Å². The van der Waals surface area contributed by atoms with Crippen LogP contribution in [0.1, 0.15) is 12.0 Å². The van der Waals surface area contributed by atoms with Gasteiger partial charge in [-0.2, -0.15) is 13.2 Å². The van der Waals surface area contributed by atoms with Gasteiger partial charge >= 0.3 is 6.18 Å². The standard InChI is InChI=1S/C12H12F4N2O/c13-10-2-1-8(4-9(10)12(14,15)16)18-11(19)3-7-5-17-6-7/h1-2,4,7,17H,3,5-6H2,(H,18,19). The highest BCUT2D eigenvalue weighted by Gasteiger charge is 2.34. The number of alkyl halides is 3. The van der Waals surface area contributed by atoms with E-state index in [2.05, 4.69) is 10.6 Å². The zero-order valence-corrected chi connectivity index (χ0v) is 9.85. The van der Waals surface area contributed by atoms with Gasteiger partial charge < -0.3 is 10.6 Å². The monoisotopic (exact) mass is 276 g/mol. The minimum Gasteiger partial charge on any atom is -0.326 e. The summed E-state index contributed by atoms with van der Waals surface area (Å²) in [7, 11) is 0. The maximum atomic E-state index is 13.0. The van der Waals surface area contributed by atoms with Gasteiger partial charge in [0.05, 0.1) is 5.56 Å². The van der Waals surface area contributed by atoms with Gasteiger partial charge in [-0.05, 0) is 37.2 Å². The largest absolute Gasteiger partial charge is 0.419 e. The summed E-state index contributed by atoms with van der Waals surface area (Å²) in [6.07, 6.45) is -4.53. The zero-order chi connectivity index (χ0) is 14.0. The molecule has 1 amide bonds. The summed E-state index contributed by atoms with van der Waals surface area (Å²) in [6.45, 7) is 1.45. The molecule has 1 aromatic carbocycles. The Bertz CT molecular complexity index is 483. The molecule has 0 aliphatic carbocycles. The van der Waals surface area contributed by atoms with Gasteiger partial charge in [0.2, 0.25) is 5.91 Å². The third-order valence-corrected chi connectivity index (χ3v) is 2.90. The third kappa shape index (κ3) is 3.44. The van der Waals surface area contributed by atoms with E-state index in [0.29, 0.717) is 12.1 Å². The van der Waals surface area contributed by atoms with E-state index in [4.69, 9.17) is 0 Å². The molecule has 0 radical (unpaired) electrons. The number of nitrogens with one attached hydrogen (secondary N) is 2. The van der Waals surface area contributed by atoms with E-state index in [0.717, 1.165) is 19.2 Å².